The molecule has 0 aliphatic heterocycles. The third-order valence-electron chi connectivity index (χ3n) is 2.50. The minimum atomic E-state index is -0.594. The molecule has 2 rings (SSSR count). The van der Waals surface area contributed by atoms with Gasteiger partial charge < -0.3 is 10.5 Å². The van der Waals surface area contributed by atoms with Crippen LogP contribution in [-0.4, -0.2) is 9.91 Å². The Labute approximate surface area is 114 Å². The smallest absolute Gasteiger partial charge is 0.312 e. The molecule has 1 aromatic heterocycles. The summed E-state index contributed by atoms with van der Waals surface area (Å²) in [5.74, 6) is 0.0817. The lowest BCUT2D eigenvalue weighted by molar-refractivity contribution is -0.386. The number of hydrogen-bond acceptors (Lipinski definition) is 6. The zero-order valence-corrected chi connectivity index (χ0v) is 10.3. The van der Waals surface area contributed by atoms with Gasteiger partial charge in [0.25, 0.3) is 0 Å². The van der Waals surface area contributed by atoms with Gasteiger partial charge in [0.1, 0.15) is 6.61 Å². The van der Waals surface area contributed by atoms with Gasteiger partial charge in [-0.2, -0.15) is 5.26 Å². The van der Waals surface area contributed by atoms with Crippen LogP contribution in [0.3, 0.4) is 0 Å². The SMILES string of the molecule is N#Cc1ccc(OCc2cc(N)ccn2)c([N+](=O)[O-])c1. The standard InChI is InChI=1S/C13H10N4O3/c14-7-9-1-2-13(12(5-9)17(18)19)20-8-11-6-10(15)3-4-16-11/h1-6H,8H2,(H2,15,16). The van der Waals surface area contributed by atoms with Crippen LogP contribution >= 0.6 is 0 Å². The lowest BCUT2D eigenvalue weighted by atomic mass is 10.2. The third kappa shape index (κ3) is 3.00. The van der Waals surface area contributed by atoms with Crippen LogP contribution in [0.15, 0.2) is 36.5 Å². The van der Waals surface area contributed by atoms with Crippen molar-refractivity contribution in [3.05, 3.63) is 57.9 Å². The monoisotopic (exact) mass is 270 g/mol. The van der Waals surface area contributed by atoms with Crippen molar-refractivity contribution in [1.82, 2.24) is 4.98 Å². The van der Waals surface area contributed by atoms with Gasteiger partial charge in [0, 0.05) is 18.0 Å². The van der Waals surface area contributed by atoms with Gasteiger partial charge in [-0.1, -0.05) is 0 Å². The first-order valence-corrected chi connectivity index (χ1v) is 5.62. The molecule has 0 saturated carbocycles. The predicted octanol–water partition coefficient (Wildman–Crippen LogP) is 2.02. The fourth-order valence-electron chi connectivity index (χ4n) is 1.58. The number of nitriles is 1. The Hall–Kier alpha value is -3.14. The molecule has 2 N–H and O–H groups in total. The highest BCUT2D eigenvalue weighted by atomic mass is 16.6. The number of pyridine rings is 1. The van der Waals surface area contributed by atoms with E-state index in [9.17, 15) is 10.1 Å². The van der Waals surface area contributed by atoms with Crippen molar-refractivity contribution in [2.24, 2.45) is 0 Å². The van der Waals surface area contributed by atoms with Gasteiger partial charge in [-0.25, -0.2) is 0 Å². The molecule has 0 fully saturated rings. The molecule has 0 amide bonds. The van der Waals surface area contributed by atoms with Gasteiger partial charge in [0.15, 0.2) is 5.75 Å². The molecule has 0 atom stereocenters. The number of nitro benzene ring substituents is 1. The summed E-state index contributed by atoms with van der Waals surface area (Å²) in [7, 11) is 0. The van der Waals surface area contributed by atoms with Gasteiger partial charge in [0.05, 0.1) is 22.2 Å². The first-order chi connectivity index (χ1) is 9.60. The van der Waals surface area contributed by atoms with E-state index < -0.39 is 4.92 Å². The minimum absolute atomic E-state index is 0.0534. The zero-order valence-electron chi connectivity index (χ0n) is 10.3. The summed E-state index contributed by atoms with van der Waals surface area (Å²) in [6.45, 7) is 0.0534. The third-order valence-corrected chi connectivity index (χ3v) is 2.50. The topological polar surface area (TPSA) is 115 Å². The predicted molar refractivity (Wildman–Crippen MR) is 70.8 cm³/mol. The number of nitro groups is 1. The van der Waals surface area contributed by atoms with E-state index in [-0.39, 0.29) is 23.6 Å². The van der Waals surface area contributed by atoms with Crippen molar-refractivity contribution < 1.29 is 9.66 Å². The quantitative estimate of drug-likeness (QED) is 0.671. The summed E-state index contributed by atoms with van der Waals surface area (Å²) in [4.78, 5) is 14.4. The molecule has 0 bridgehead atoms. The normalized spacial score (nSPS) is 9.75. The van der Waals surface area contributed by atoms with E-state index in [2.05, 4.69) is 4.98 Å². The van der Waals surface area contributed by atoms with E-state index in [4.69, 9.17) is 15.7 Å². The van der Waals surface area contributed by atoms with Crippen molar-refractivity contribution >= 4 is 11.4 Å². The van der Waals surface area contributed by atoms with Gasteiger partial charge in [-0.3, -0.25) is 15.1 Å². The average molecular weight is 270 g/mol. The fraction of sp³-hybridized carbons (Fsp3) is 0.0769. The maximum Gasteiger partial charge on any atom is 0.312 e. The van der Waals surface area contributed by atoms with Crippen LogP contribution in [-0.2, 0) is 6.61 Å². The lowest BCUT2D eigenvalue weighted by Crippen LogP contribution is -2.02. The number of rotatable bonds is 4. The second kappa shape index (κ2) is 5.67. The number of nitrogens with zero attached hydrogens (tertiary/aromatic N) is 3. The lowest BCUT2D eigenvalue weighted by Gasteiger charge is -2.06. The summed E-state index contributed by atoms with van der Waals surface area (Å²) in [6, 6.07) is 9.11. The Morgan fingerprint density at radius 3 is 2.85 bits per heavy atom. The molecule has 0 spiro atoms. The molecule has 0 aliphatic carbocycles. The van der Waals surface area contributed by atoms with Crippen molar-refractivity contribution in [1.29, 1.82) is 5.26 Å². The zero-order chi connectivity index (χ0) is 14.5. The van der Waals surface area contributed by atoms with E-state index in [1.807, 2.05) is 6.07 Å². The minimum Gasteiger partial charge on any atom is -0.480 e. The summed E-state index contributed by atoms with van der Waals surface area (Å²) in [6.07, 6.45) is 1.53. The number of ether oxygens (including phenoxy) is 1. The van der Waals surface area contributed by atoms with Crippen molar-refractivity contribution in [2.75, 3.05) is 5.73 Å². The summed E-state index contributed by atoms with van der Waals surface area (Å²) in [5.41, 5.74) is 6.64. The van der Waals surface area contributed by atoms with E-state index in [1.165, 1.54) is 24.4 Å². The van der Waals surface area contributed by atoms with E-state index in [0.717, 1.165) is 0 Å². The van der Waals surface area contributed by atoms with Gasteiger partial charge in [-0.15, -0.1) is 0 Å². The van der Waals surface area contributed by atoms with Crippen molar-refractivity contribution in [2.45, 2.75) is 6.61 Å². The maximum absolute atomic E-state index is 10.9. The Kier molecular flexibility index (Phi) is 3.77. The molecule has 0 saturated heterocycles. The molecule has 0 unspecified atom stereocenters. The Balaban J connectivity index is 2.21. The van der Waals surface area contributed by atoms with Crippen LogP contribution in [0.25, 0.3) is 0 Å². The molecule has 2 aromatic rings. The van der Waals surface area contributed by atoms with E-state index in [0.29, 0.717) is 11.4 Å². The van der Waals surface area contributed by atoms with Gasteiger partial charge in [0.2, 0.25) is 0 Å². The van der Waals surface area contributed by atoms with Crippen molar-refractivity contribution in [3.63, 3.8) is 0 Å². The van der Waals surface area contributed by atoms with Crippen LogP contribution in [0, 0.1) is 21.4 Å². The highest BCUT2D eigenvalue weighted by Crippen LogP contribution is 2.28. The molecule has 1 aromatic carbocycles. The maximum atomic E-state index is 10.9. The number of nitrogens with two attached hydrogens (primary N) is 1. The number of nitrogen functional groups attached to an aromatic ring is 1. The van der Waals surface area contributed by atoms with E-state index in [1.54, 1.807) is 12.1 Å². The summed E-state index contributed by atoms with van der Waals surface area (Å²) in [5, 5.41) is 19.7. The Bertz CT molecular complexity index is 694. The molecule has 100 valence electrons. The summed E-state index contributed by atoms with van der Waals surface area (Å²) >= 11 is 0. The number of benzene rings is 1. The van der Waals surface area contributed by atoms with Gasteiger partial charge in [-0.05, 0) is 24.3 Å². The first kappa shape index (κ1) is 13.3. The molecule has 0 radical (unpaired) electrons. The molecule has 7 heteroatoms. The Morgan fingerprint density at radius 1 is 1.40 bits per heavy atom. The first-order valence-electron chi connectivity index (χ1n) is 5.62. The van der Waals surface area contributed by atoms with Crippen LogP contribution in [0.2, 0.25) is 0 Å². The number of hydrogen-bond donors (Lipinski definition) is 1. The number of anilines is 1. The second-order valence-corrected chi connectivity index (χ2v) is 3.92. The fourth-order valence-corrected chi connectivity index (χ4v) is 1.58. The number of aromatic nitrogens is 1. The largest absolute Gasteiger partial charge is 0.480 e. The average Bonchev–Trinajstić information content (AvgIpc) is 2.45. The summed E-state index contributed by atoms with van der Waals surface area (Å²) < 4.78 is 5.37. The highest BCUT2D eigenvalue weighted by Gasteiger charge is 2.16. The molecule has 20 heavy (non-hydrogen) atoms. The van der Waals surface area contributed by atoms with Crippen molar-refractivity contribution in [3.8, 4) is 11.8 Å². The molecule has 1 heterocycles. The molecule has 0 aliphatic rings. The van der Waals surface area contributed by atoms with Crippen LogP contribution < -0.4 is 10.5 Å². The Morgan fingerprint density at radius 2 is 2.20 bits per heavy atom. The molecular formula is C13H10N4O3. The van der Waals surface area contributed by atoms with Crippen LogP contribution in [0.5, 0.6) is 5.75 Å². The van der Waals surface area contributed by atoms with E-state index >= 15 is 0 Å². The molecular weight excluding hydrogens is 260 g/mol. The van der Waals surface area contributed by atoms with Crippen LogP contribution in [0.1, 0.15) is 11.3 Å². The second-order valence-electron chi connectivity index (χ2n) is 3.92. The molecule has 7 nitrogen and oxygen atoms in total. The van der Waals surface area contributed by atoms with Gasteiger partial charge >= 0.3 is 5.69 Å². The highest BCUT2D eigenvalue weighted by molar-refractivity contribution is 5.51. The van der Waals surface area contributed by atoms with Crippen LogP contribution in [0.4, 0.5) is 11.4 Å².